The number of fused-ring (bicyclic) bond motifs is 4. The normalized spacial score (nSPS) is 13.9. The molecule has 0 radical (unpaired) electrons. The molecule has 2 aromatic heterocycles. The summed E-state index contributed by atoms with van der Waals surface area (Å²) in [5.41, 5.74) is 8.52. The van der Waals surface area contributed by atoms with Crippen molar-refractivity contribution in [3.63, 3.8) is 0 Å². The first kappa shape index (κ1) is 24.0. The molecule has 6 rings (SSSR count). The third kappa shape index (κ3) is 4.46. The van der Waals surface area contributed by atoms with E-state index in [4.69, 9.17) is 24.0 Å². The average Bonchev–Trinajstić information content (AvgIpc) is 3.33. The molecule has 0 bridgehead atoms. The van der Waals surface area contributed by atoms with Gasteiger partial charge < -0.3 is 34.3 Å². The summed E-state index contributed by atoms with van der Waals surface area (Å²) in [5, 5.41) is 5.20. The molecule has 1 aliphatic heterocycles. The van der Waals surface area contributed by atoms with Crippen molar-refractivity contribution in [1.29, 1.82) is 0 Å². The van der Waals surface area contributed by atoms with Crippen molar-refractivity contribution >= 4 is 44.7 Å². The van der Waals surface area contributed by atoms with Crippen molar-refractivity contribution in [2.45, 2.75) is 0 Å². The molecule has 9 nitrogen and oxygen atoms in total. The van der Waals surface area contributed by atoms with Crippen LogP contribution in [0.5, 0.6) is 5.75 Å². The van der Waals surface area contributed by atoms with Crippen LogP contribution in [0.2, 0.25) is 0 Å². The van der Waals surface area contributed by atoms with E-state index in [1.807, 2.05) is 53.4 Å². The molecule has 1 saturated heterocycles. The van der Waals surface area contributed by atoms with Crippen LogP contribution in [0.25, 0.3) is 44.0 Å². The molecule has 3 N–H and O–H groups in total. The zero-order valence-electron chi connectivity index (χ0n) is 20.7. The Bertz CT molecular complexity index is 1700. The second-order valence-corrected chi connectivity index (χ2v) is 9.14. The molecule has 194 valence electrons. The van der Waals surface area contributed by atoms with Gasteiger partial charge in [0.25, 0.3) is 0 Å². The van der Waals surface area contributed by atoms with E-state index in [2.05, 4.69) is 5.32 Å². The molecule has 1 aliphatic rings. The fourth-order valence-electron chi connectivity index (χ4n) is 4.89. The lowest BCUT2D eigenvalue weighted by atomic mass is 9.99. The zero-order valence-corrected chi connectivity index (χ0v) is 20.7. The molecule has 38 heavy (non-hydrogen) atoms. The van der Waals surface area contributed by atoms with Gasteiger partial charge in [-0.05, 0) is 24.3 Å². The molecule has 3 aromatic carbocycles. The maximum atomic E-state index is 13.1. The second-order valence-electron chi connectivity index (χ2n) is 9.14. The van der Waals surface area contributed by atoms with Crippen molar-refractivity contribution in [3.05, 3.63) is 70.9 Å². The molecule has 0 saturated carbocycles. The van der Waals surface area contributed by atoms with Gasteiger partial charge in [0.15, 0.2) is 11.3 Å². The predicted octanol–water partition coefficient (Wildman–Crippen LogP) is 3.65. The topological polar surface area (TPSA) is 120 Å². The highest BCUT2D eigenvalue weighted by Gasteiger charge is 2.21. The van der Waals surface area contributed by atoms with Crippen LogP contribution in [0, 0.1) is 0 Å². The number of carbonyl (C=O) groups is 1. The largest absolute Gasteiger partial charge is 0.491 e. The third-order valence-electron chi connectivity index (χ3n) is 6.68. The van der Waals surface area contributed by atoms with E-state index in [-0.39, 0.29) is 12.0 Å². The van der Waals surface area contributed by atoms with E-state index in [1.165, 1.54) is 0 Å². The first-order chi connectivity index (χ1) is 18.6. The standard InChI is InChI=1S/C29H27N3O6/c30-25(34)17-31-10-13-36-24-9-8-19(29-27(24)21-4-1-2-7-23(21)37-29)18-5-3-6-20-22(33)16-26(38-28(18)20)32-11-14-35-15-12-32/h1-9,16,31H,10-15,17H2,(H2,30,34). The summed E-state index contributed by atoms with van der Waals surface area (Å²) < 4.78 is 24.3. The van der Waals surface area contributed by atoms with Gasteiger partial charge in [-0.2, -0.15) is 0 Å². The van der Waals surface area contributed by atoms with Gasteiger partial charge in [-0.15, -0.1) is 0 Å². The minimum absolute atomic E-state index is 0.0884. The maximum absolute atomic E-state index is 13.1. The van der Waals surface area contributed by atoms with E-state index in [0.29, 0.717) is 67.6 Å². The lowest BCUT2D eigenvalue weighted by Gasteiger charge is -2.27. The van der Waals surface area contributed by atoms with E-state index in [9.17, 15) is 9.59 Å². The second kappa shape index (κ2) is 10.2. The number of primary amides is 1. The van der Waals surface area contributed by atoms with Gasteiger partial charge >= 0.3 is 0 Å². The number of nitrogens with zero attached hydrogens (tertiary/aromatic N) is 1. The van der Waals surface area contributed by atoms with Crippen molar-refractivity contribution < 1.29 is 23.1 Å². The first-order valence-electron chi connectivity index (χ1n) is 12.6. The number of carbonyl (C=O) groups excluding carboxylic acids is 1. The molecule has 0 spiro atoms. The molecular formula is C29H27N3O6. The summed E-state index contributed by atoms with van der Waals surface area (Å²) in [6, 6.07) is 18.7. The van der Waals surface area contributed by atoms with Gasteiger partial charge in [-0.1, -0.05) is 30.3 Å². The van der Waals surface area contributed by atoms with Gasteiger partial charge in [0.05, 0.1) is 30.5 Å². The van der Waals surface area contributed by atoms with Gasteiger partial charge in [0.1, 0.15) is 29.1 Å². The fraction of sp³-hybridized carbons (Fsp3) is 0.241. The molecule has 3 heterocycles. The summed E-state index contributed by atoms with van der Waals surface area (Å²) >= 11 is 0. The van der Waals surface area contributed by atoms with Crippen LogP contribution in [-0.4, -0.2) is 51.9 Å². The number of hydrogen-bond acceptors (Lipinski definition) is 8. The van der Waals surface area contributed by atoms with Crippen molar-refractivity contribution in [3.8, 4) is 16.9 Å². The van der Waals surface area contributed by atoms with Gasteiger partial charge in [-0.25, -0.2) is 0 Å². The van der Waals surface area contributed by atoms with Gasteiger partial charge in [-0.3, -0.25) is 9.59 Å². The van der Waals surface area contributed by atoms with E-state index >= 15 is 0 Å². The number of nitrogens with two attached hydrogens (primary N) is 1. The molecule has 0 unspecified atom stereocenters. The quantitative estimate of drug-likeness (QED) is 0.302. The molecular weight excluding hydrogens is 486 g/mol. The number of para-hydroxylation sites is 2. The summed E-state index contributed by atoms with van der Waals surface area (Å²) in [4.78, 5) is 26.1. The van der Waals surface area contributed by atoms with Gasteiger partial charge in [0.2, 0.25) is 5.91 Å². The number of ether oxygens (including phenoxy) is 2. The molecule has 0 aliphatic carbocycles. The van der Waals surface area contributed by atoms with E-state index < -0.39 is 5.91 Å². The van der Waals surface area contributed by atoms with Gasteiger partial charge in [0, 0.05) is 42.2 Å². The average molecular weight is 514 g/mol. The number of rotatable bonds is 8. The minimum atomic E-state index is -0.420. The Morgan fingerprint density at radius 1 is 0.947 bits per heavy atom. The summed E-state index contributed by atoms with van der Waals surface area (Å²) in [7, 11) is 0. The fourth-order valence-corrected chi connectivity index (χ4v) is 4.89. The zero-order chi connectivity index (χ0) is 26.1. The lowest BCUT2D eigenvalue weighted by molar-refractivity contribution is -0.117. The number of nitrogens with one attached hydrogen (secondary N) is 1. The maximum Gasteiger partial charge on any atom is 0.231 e. The Labute approximate surface area is 217 Å². The number of furan rings is 1. The predicted molar refractivity (Wildman–Crippen MR) is 146 cm³/mol. The molecule has 0 atom stereocenters. The number of hydrogen-bond donors (Lipinski definition) is 2. The van der Waals surface area contributed by atoms with Crippen molar-refractivity contribution in [2.24, 2.45) is 5.73 Å². The first-order valence-corrected chi connectivity index (χ1v) is 12.6. The van der Waals surface area contributed by atoms with Crippen molar-refractivity contribution in [1.82, 2.24) is 5.32 Å². The highest BCUT2D eigenvalue weighted by atomic mass is 16.5. The number of morpholine rings is 1. The Morgan fingerprint density at radius 2 is 1.74 bits per heavy atom. The van der Waals surface area contributed by atoms with Crippen molar-refractivity contribution in [2.75, 3.05) is 50.9 Å². The number of amides is 1. The van der Waals surface area contributed by atoms with Crippen LogP contribution in [0.4, 0.5) is 5.88 Å². The van der Waals surface area contributed by atoms with Crippen LogP contribution >= 0.6 is 0 Å². The molecule has 1 fully saturated rings. The Morgan fingerprint density at radius 3 is 2.58 bits per heavy atom. The molecule has 9 heteroatoms. The molecule has 5 aromatic rings. The smallest absolute Gasteiger partial charge is 0.231 e. The Kier molecular flexibility index (Phi) is 6.45. The summed E-state index contributed by atoms with van der Waals surface area (Å²) in [6.07, 6.45) is 0. The number of anilines is 1. The number of benzene rings is 3. The third-order valence-corrected chi connectivity index (χ3v) is 6.68. The summed E-state index contributed by atoms with van der Waals surface area (Å²) in [6.45, 7) is 3.37. The van der Waals surface area contributed by atoms with Crippen LogP contribution in [0.15, 0.2) is 74.3 Å². The Balaban J connectivity index is 1.47. The highest BCUT2D eigenvalue weighted by Crippen LogP contribution is 2.42. The summed E-state index contributed by atoms with van der Waals surface area (Å²) in [5.74, 6) is 0.767. The van der Waals surface area contributed by atoms with Crippen LogP contribution < -0.4 is 26.1 Å². The lowest BCUT2D eigenvalue weighted by Crippen LogP contribution is -2.36. The SMILES string of the molecule is NC(=O)CNCCOc1ccc(-c2cccc3c(=O)cc(N4CCOCC4)oc23)c2oc3ccccc3c12. The minimum Gasteiger partial charge on any atom is -0.491 e. The Hall–Kier alpha value is -4.34. The van der Waals surface area contributed by atoms with Crippen LogP contribution in [-0.2, 0) is 9.53 Å². The van der Waals surface area contributed by atoms with Crippen LogP contribution in [0.1, 0.15) is 0 Å². The highest BCUT2D eigenvalue weighted by molar-refractivity contribution is 6.14. The molecule has 1 amide bonds. The van der Waals surface area contributed by atoms with E-state index in [0.717, 1.165) is 27.5 Å². The monoisotopic (exact) mass is 513 g/mol. The van der Waals surface area contributed by atoms with Crippen LogP contribution in [0.3, 0.4) is 0 Å². The van der Waals surface area contributed by atoms with E-state index in [1.54, 1.807) is 12.1 Å².